The first-order valence-corrected chi connectivity index (χ1v) is 7.89. The molecular formula is C16H26N4. The largest absolute Gasteiger partial charge is 0.384 e. The van der Waals surface area contributed by atoms with Crippen molar-refractivity contribution in [3.63, 3.8) is 0 Å². The van der Waals surface area contributed by atoms with Gasteiger partial charge < -0.3 is 16.0 Å². The minimum atomic E-state index is 0.495. The van der Waals surface area contributed by atoms with Crippen molar-refractivity contribution in [2.45, 2.75) is 58.0 Å². The van der Waals surface area contributed by atoms with Crippen molar-refractivity contribution in [3.05, 3.63) is 23.0 Å². The summed E-state index contributed by atoms with van der Waals surface area (Å²) in [6, 6.07) is 1.13. The van der Waals surface area contributed by atoms with Crippen molar-refractivity contribution in [2.75, 3.05) is 6.54 Å². The zero-order valence-corrected chi connectivity index (χ0v) is 12.6. The molecule has 0 aromatic heterocycles. The van der Waals surface area contributed by atoms with Gasteiger partial charge in [0.2, 0.25) is 0 Å². The topological polar surface area (TPSA) is 59.9 Å². The second-order valence-corrected chi connectivity index (χ2v) is 6.56. The Hall–Kier alpha value is -1.29. The average Bonchev–Trinajstić information content (AvgIpc) is 3.15. The van der Waals surface area contributed by atoms with Crippen molar-refractivity contribution in [2.24, 2.45) is 5.92 Å². The quantitative estimate of drug-likeness (QED) is 0.636. The van der Waals surface area contributed by atoms with Gasteiger partial charge in [-0.2, -0.15) is 0 Å². The fourth-order valence-electron chi connectivity index (χ4n) is 3.19. The van der Waals surface area contributed by atoms with Crippen LogP contribution in [0.3, 0.4) is 0 Å². The lowest BCUT2D eigenvalue weighted by Crippen LogP contribution is -2.46. The number of rotatable bonds is 4. The summed E-state index contributed by atoms with van der Waals surface area (Å²) in [7, 11) is 0. The summed E-state index contributed by atoms with van der Waals surface area (Å²) >= 11 is 0. The summed E-state index contributed by atoms with van der Waals surface area (Å²) < 4.78 is 0. The predicted molar refractivity (Wildman–Crippen MR) is 82.6 cm³/mol. The van der Waals surface area contributed by atoms with E-state index in [1.807, 2.05) is 6.20 Å². The number of allylic oxidation sites excluding steroid dienone is 1. The smallest absolute Gasteiger partial charge is 0.131 e. The van der Waals surface area contributed by atoms with Crippen LogP contribution in [-0.2, 0) is 0 Å². The number of hydrogen-bond donors (Lipinski definition) is 4. The van der Waals surface area contributed by atoms with Gasteiger partial charge in [-0.1, -0.05) is 0 Å². The van der Waals surface area contributed by atoms with E-state index in [9.17, 15) is 0 Å². The molecule has 0 aromatic carbocycles. The van der Waals surface area contributed by atoms with Crippen molar-refractivity contribution in [1.29, 1.82) is 5.41 Å². The van der Waals surface area contributed by atoms with Crippen LogP contribution in [0.25, 0.3) is 0 Å². The fraction of sp³-hybridized carbons (Fsp3) is 0.688. The zero-order chi connectivity index (χ0) is 14.1. The van der Waals surface area contributed by atoms with E-state index in [0.29, 0.717) is 17.9 Å². The lowest BCUT2D eigenvalue weighted by atomic mass is 9.98. The van der Waals surface area contributed by atoms with Gasteiger partial charge in [0.25, 0.3) is 0 Å². The highest BCUT2D eigenvalue weighted by molar-refractivity contribution is 6.04. The monoisotopic (exact) mass is 274 g/mol. The second-order valence-electron chi connectivity index (χ2n) is 6.56. The van der Waals surface area contributed by atoms with Gasteiger partial charge in [0.1, 0.15) is 5.84 Å². The molecule has 3 aliphatic rings. The molecule has 4 heteroatoms. The van der Waals surface area contributed by atoms with Gasteiger partial charge in [-0.25, -0.2) is 0 Å². The molecule has 4 nitrogen and oxygen atoms in total. The van der Waals surface area contributed by atoms with Gasteiger partial charge in [-0.05, 0) is 57.4 Å². The van der Waals surface area contributed by atoms with E-state index in [2.05, 4.69) is 29.8 Å². The van der Waals surface area contributed by atoms with E-state index in [1.54, 1.807) is 0 Å². The molecule has 4 N–H and O–H groups in total. The fourth-order valence-corrected chi connectivity index (χ4v) is 3.19. The van der Waals surface area contributed by atoms with E-state index in [0.717, 1.165) is 30.2 Å². The van der Waals surface area contributed by atoms with Gasteiger partial charge in [0, 0.05) is 36.1 Å². The highest BCUT2D eigenvalue weighted by Gasteiger charge is 2.28. The van der Waals surface area contributed by atoms with Crippen LogP contribution in [-0.4, -0.2) is 24.5 Å². The molecule has 110 valence electrons. The van der Waals surface area contributed by atoms with Crippen LogP contribution < -0.4 is 16.0 Å². The molecule has 0 radical (unpaired) electrons. The van der Waals surface area contributed by atoms with Crippen LogP contribution in [0.4, 0.5) is 0 Å². The molecule has 0 amide bonds. The molecule has 2 aliphatic heterocycles. The minimum Gasteiger partial charge on any atom is -0.384 e. The maximum absolute atomic E-state index is 8.10. The minimum absolute atomic E-state index is 0.495. The lowest BCUT2D eigenvalue weighted by Gasteiger charge is -2.30. The Labute approximate surface area is 121 Å². The Morgan fingerprint density at radius 3 is 2.80 bits per heavy atom. The molecule has 0 bridgehead atoms. The molecule has 2 fully saturated rings. The summed E-state index contributed by atoms with van der Waals surface area (Å²) in [5, 5.41) is 18.3. The molecular weight excluding hydrogens is 248 g/mol. The number of piperidine rings is 1. The van der Waals surface area contributed by atoms with E-state index in [-0.39, 0.29) is 0 Å². The summed E-state index contributed by atoms with van der Waals surface area (Å²) in [5.41, 5.74) is 3.59. The van der Waals surface area contributed by atoms with E-state index in [4.69, 9.17) is 5.41 Å². The van der Waals surface area contributed by atoms with Gasteiger partial charge in [-0.15, -0.1) is 0 Å². The normalized spacial score (nSPS) is 32.7. The molecule has 2 atom stereocenters. The maximum atomic E-state index is 8.10. The number of hydrogen-bond acceptors (Lipinski definition) is 3. The summed E-state index contributed by atoms with van der Waals surface area (Å²) in [6.07, 6.45) is 8.30. The van der Waals surface area contributed by atoms with Crippen LogP contribution in [0.2, 0.25) is 0 Å². The van der Waals surface area contributed by atoms with Crippen molar-refractivity contribution in [1.82, 2.24) is 16.0 Å². The molecule has 1 saturated heterocycles. The Bertz CT molecular complexity index is 451. The molecule has 1 saturated carbocycles. The number of amidine groups is 1. The van der Waals surface area contributed by atoms with E-state index >= 15 is 0 Å². The summed E-state index contributed by atoms with van der Waals surface area (Å²) in [5.74, 6) is 1.41. The Kier molecular flexibility index (Phi) is 3.83. The highest BCUT2D eigenvalue weighted by Crippen LogP contribution is 2.38. The van der Waals surface area contributed by atoms with Crippen LogP contribution in [0.5, 0.6) is 0 Å². The van der Waals surface area contributed by atoms with Crippen molar-refractivity contribution >= 4 is 5.84 Å². The molecule has 0 unspecified atom stereocenters. The first-order valence-electron chi connectivity index (χ1n) is 7.89. The third-order valence-electron chi connectivity index (χ3n) is 4.62. The molecule has 20 heavy (non-hydrogen) atoms. The van der Waals surface area contributed by atoms with Gasteiger partial charge in [0.15, 0.2) is 0 Å². The molecule has 0 spiro atoms. The van der Waals surface area contributed by atoms with E-state index in [1.165, 1.54) is 31.3 Å². The Morgan fingerprint density at radius 1 is 1.35 bits per heavy atom. The maximum Gasteiger partial charge on any atom is 0.131 e. The summed E-state index contributed by atoms with van der Waals surface area (Å²) in [4.78, 5) is 0. The van der Waals surface area contributed by atoms with Crippen LogP contribution >= 0.6 is 0 Å². The van der Waals surface area contributed by atoms with Gasteiger partial charge >= 0.3 is 0 Å². The van der Waals surface area contributed by atoms with Crippen molar-refractivity contribution in [3.8, 4) is 0 Å². The predicted octanol–water partition coefficient (Wildman–Crippen LogP) is 2.25. The highest BCUT2D eigenvalue weighted by atomic mass is 15.0. The van der Waals surface area contributed by atoms with Gasteiger partial charge in [-0.3, -0.25) is 5.41 Å². The third kappa shape index (κ3) is 3.06. The van der Waals surface area contributed by atoms with Crippen LogP contribution in [0.1, 0.15) is 46.0 Å². The average molecular weight is 274 g/mol. The SMILES string of the molecule is C/C(N[C@@H]1CC[C@H](C)NC1)=C1\C(=N)NC=C1CC1CC1. The van der Waals surface area contributed by atoms with Crippen LogP contribution in [0, 0.1) is 11.3 Å². The molecule has 2 heterocycles. The molecule has 0 aromatic rings. The second kappa shape index (κ2) is 5.60. The third-order valence-corrected chi connectivity index (χ3v) is 4.62. The lowest BCUT2D eigenvalue weighted by molar-refractivity contribution is 0.354. The molecule has 3 rings (SSSR count). The Morgan fingerprint density at radius 2 is 2.15 bits per heavy atom. The molecule has 1 aliphatic carbocycles. The first kappa shape index (κ1) is 13.7. The standard InChI is InChI=1S/C16H26N4/c1-10-3-6-14(9-18-10)20-11(2)15-13(7-12-4-5-12)8-19-16(15)17/h8,10,12,14,18,20H,3-7,9H2,1-2H3,(H2,17,19)/b15-11+/t10-,14+/m0/s1. The zero-order valence-electron chi connectivity index (χ0n) is 12.6. The van der Waals surface area contributed by atoms with Crippen LogP contribution in [0.15, 0.2) is 23.0 Å². The summed E-state index contributed by atoms with van der Waals surface area (Å²) in [6.45, 7) is 5.39. The Balaban J connectivity index is 1.66. The van der Waals surface area contributed by atoms with Crippen molar-refractivity contribution < 1.29 is 0 Å². The van der Waals surface area contributed by atoms with E-state index < -0.39 is 0 Å². The van der Waals surface area contributed by atoms with Gasteiger partial charge in [0.05, 0.1) is 0 Å². The first-order chi connectivity index (χ1) is 9.63. The number of nitrogens with one attached hydrogen (secondary N) is 4.